The maximum Gasteiger partial charge on any atom is 0.357 e. The fourth-order valence-electron chi connectivity index (χ4n) is 2.57. The molecule has 0 heterocycles. The number of rotatable bonds is 9. The van der Waals surface area contributed by atoms with Gasteiger partial charge in [0.05, 0.1) is 19.3 Å². The van der Waals surface area contributed by atoms with Crippen LogP contribution >= 0.6 is 23.5 Å². The van der Waals surface area contributed by atoms with Crippen molar-refractivity contribution in [2.45, 2.75) is 45.7 Å². The maximum absolute atomic E-state index is 13.8. The molecule has 0 amide bonds. The van der Waals surface area contributed by atoms with Crippen molar-refractivity contribution < 1.29 is 18.3 Å². The Kier molecular flexibility index (Phi) is 7.92. The zero-order chi connectivity index (χ0) is 20.0. The molecule has 0 aliphatic heterocycles. The molecule has 0 spiro atoms. The van der Waals surface area contributed by atoms with Crippen LogP contribution in [0.4, 0.5) is 5.69 Å². The van der Waals surface area contributed by atoms with E-state index in [1.807, 2.05) is 76.2 Å². The Morgan fingerprint density at radius 3 is 1.85 bits per heavy atom. The van der Waals surface area contributed by atoms with E-state index in [1.54, 1.807) is 7.11 Å². The van der Waals surface area contributed by atoms with E-state index in [9.17, 15) is 4.57 Å². The van der Waals surface area contributed by atoms with Crippen LogP contribution in [0.2, 0.25) is 0 Å². The van der Waals surface area contributed by atoms with E-state index in [1.165, 1.54) is 0 Å². The Labute approximate surface area is 170 Å². The summed E-state index contributed by atoms with van der Waals surface area (Å²) in [5.41, 5.74) is 1.61. The summed E-state index contributed by atoms with van der Waals surface area (Å²) in [6.07, 6.45) is -0.490. The molecule has 0 bridgehead atoms. The van der Waals surface area contributed by atoms with Gasteiger partial charge in [-0.25, -0.2) is 0 Å². The number of nitrogens with one attached hydrogen (secondary N) is 1. The summed E-state index contributed by atoms with van der Waals surface area (Å²) < 4.78 is 31.6. The summed E-state index contributed by atoms with van der Waals surface area (Å²) in [5, 5.41) is 3.33. The molecule has 0 aromatic heterocycles. The lowest BCUT2D eigenvalue weighted by atomic mass is 10.2. The van der Waals surface area contributed by atoms with Crippen molar-refractivity contribution in [3.63, 3.8) is 0 Å². The van der Waals surface area contributed by atoms with Gasteiger partial charge < -0.3 is 19.1 Å². The average Bonchev–Trinajstić information content (AvgIpc) is 2.59. The fraction of sp³-hybridized carbons (Fsp3) is 0.400. The number of methoxy groups -OCH3 is 1. The zero-order valence-electron chi connectivity index (χ0n) is 16.3. The van der Waals surface area contributed by atoms with Crippen molar-refractivity contribution in [2.75, 3.05) is 12.4 Å². The number of anilines is 1. The smallest absolute Gasteiger partial charge is 0.357 e. The van der Waals surface area contributed by atoms with Crippen LogP contribution in [0.1, 0.15) is 39.0 Å². The summed E-state index contributed by atoms with van der Waals surface area (Å²) in [6.45, 7) is 7.40. The van der Waals surface area contributed by atoms with Crippen LogP contribution in [-0.4, -0.2) is 19.3 Å². The molecule has 1 N–H and O–H groups in total. The van der Waals surface area contributed by atoms with Crippen LogP contribution in [0.25, 0.3) is 0 Å². The van der Waals surface area contributed by atoms with Gasteiger partial charge in [-0.3, -0.25) is 4.57 Å². The largest absolute Gasteiger partial charge is 0.497 e. The summed E-state index contributed by atoms with van der Waals surface area (Å²) in [4.78, 5) is 0. The number of hydrogen-bond donors (Lipinski definition) is 1. The van der Waals surface area contributed by atoms with Crippen molar-refractivity contribution in [1.82, 2.24) is 0 Å². The molecule has 27 heavy (non-hydrogen) atoms. The predicted octanol–water partition coefficient (Wildman–Crippen LogP) is 6.61. The Bertz CT molecular complexity index is 749. The van der Waals surface area contributed by atoms with E-state index in [-0.39, 0.29) is 12.2 Å². The molecule has 5 nitrogen and oxygen atoms in total. The quantitative estimate of drug-likeness (QED) is 0.431. The van der Waals surface area contributed by atoms with Crippen molar-refractivity contribution in [1.29, 1.82) is 0 Å². The second-order valence-electron chi connectivity index (χ2n) is 6.68. The first kappa shape index (κ1) is 22.0. The molecule has 2 aromatic carbocycles. The van der Waals surface area contributed by atoms with Crippen LogP contribution in [0.5, 0.6) is 5.75 Å². The van der Waals surface area contributed by atoms with Gasteiger partial charge in [-0.2, -0.15) is 0 Å². The van der Waals surface area contributed by atoms with Crippen molar-refractivity contribution in [2.24, 2.45) is 0 Å². The van der Waals surface area contributed by atoms with Gasteiger partial charge in [0.15, 0.2) is 5.78 Å². The molecule has 0 saturated heterocycles. The Hall–Kier alpha value is -1.33. The standard InChI is InChI=1S/C20H27BrNO4P/c1-14(2)25-27(23,26-15(3)4)20(16-6-8-17(21)9-7-16)22-18-10-12-19(24-5)13-11-18/h6-15,20,22H,1-5H3/t20-/m1/s1. The molecule has 0 fully saturated rings. The predicted molar refractivity (Wildman–Crippen MR) is 114 cm³/mol. The summed E-state index contributed by atoms with van der Waals surface area (Å²) in [7, 11) is -1.90. The molecule has 148 valence electrons. The fourth-order valence-corrected chi connectivity index (χ4v) is 5.15. The van der Waals surface area contributed by atoms with Gasteiger partial charge in [0.1, 0.15) is 5.75 Å². The van der Waals surface area contributed by atoms with E-state index < -0.39 is 13.4 Å². The third-order valence-electron chi connectivity index (χ3n) is 3.61. The molecular formula is C20H27BrNO4P. The van der Waals surface area contributed by atoms with Crippen molar-refractivity contribution in [3.05, 3.63) is 58.6 Å². The Balaban J connectivity index is 2.45. The molecule has 0 unspecified atom stereocenters. The van der Waals surface area contributed by atoms with Crippen molar-refractivity contribution in [3.8, 4) is 5.75 Å². The van der Waals surface area contributed by atoms with Crippen LogP contribution < -0.4 is 10.1 Å². The van der Waals surface area contributed by atoms with E-state index in [4.69, 9.17) is 13.8 Å². The molecule has 0 radical (unpaired) electrons. The van der Waals surface area contributed by atoms with Gasteiger partial charge in [0.2, 0.25) is 0 Å². The van der Waals surface area contributed by atoms with E-state index >= 15 is 0 Å². The lowest BCUT2D eigenvalue weighted by Gasteiger charge is -2.31. The topological polar surface area (TPSA) is 56.8 Å². The van der Waals surface area contributed by atoms with Crippen LogP contribution in [0.3, 0.4) is 0 Å². The van der Waals surface area contributed by atoms with E-state index in [2.05, 4.69) is 21.2 Å². The van der Waals surface area contributed by atoms with Gasteiger partial charge in [-0.05, 0) is 69.7 Å². The molecule has 7 heteroatoms. The van der Waals surface area contributed by atoms with Crippen LogP contribution in [-0.2, 0) is 13.6 Å². The van der Waals surface area contributed by atoms with Crippen LogP contribution in [0, 0.1) is 0 Å². The highest BCUT2D eigenvalue weighted by Gasteiger charge is 2.39. The van der Waals surface area contributed by atoms with Crippen LogP contribution in [0.15, 0.2) is 53.0 Å². The molecule has 2 aromatic rings. The summed E-state index contributed by atoms with van der Waals surface area (Å²) in [5.74, 6) is 0.101. The number of hydrogen-bond acceptors (Lipinski definition) is 5. The molecule has 0 aliphatic carbocycles. The van der Waals surface area contributed by atoms with E-state index in [0.29, 0.717) is 0 Å². The minimum absolute atomic E-state index is 0.245. The highest BCUT2D eigenvalue weighted by molar-refractivity contribution is 9.10. The maximum atomic E-state index is 13.8. The Morgan fingerprint density at radius 1 is 0.889 bits per heavy atom. The highest BCUT2D eigenvalue weighted by Crippen LogP contribution is 2.62. The molecule has 0 aliphatic rings. The van der Waals surface area contributed by atoms with Crippen molar-refractivity contribution >= 4 is 29.2 Å². The number of halogens is 1. The first-order valence-corrected chi connectivity index (χ1v) is 11.3. The lowest BCUT2D eigenvalue weighted by molar-refractivity contribution is 0.138. The van der Waals surface area contributed by atoms with Gasteiger partial charge in [-0.15, -0.1) is 0 Å². The second kappa shape index (κ2) is 9.74. The zero-order valence-corrected chi connectivity index (χ0v) is 18.8. The normalized spacial score (nSPS) is 13.0. The molecule has 1 atom stereocenters. The Morgan fingerprint density at radius 2 is 1.41 bits per heavy atom. The third-order valence-corrected chi connectivity index (χ3v) is 6.63. The minimum atomic E-state index is -3.52. The number of benzene rings is 2. The minimum Gasteiger partial charge on any atom is -0.497 e. The summed E-state index contributed by atoms with van der Waals surface area (Å²) >= 11 is 3.44. The lowest BCUT2D eigenvalue weighted by Crippen LogP contribution is -2.19. The first-order chi connectivity index (χ1) is 12.7. The molecule has 0 saturated carbocycles. The average molecular weight is 456 g/mol. The third kappa shape index (κ3) is 6.35. The van der Waals surface area contributed by atoms with Gasteiger partial charge in [-0.1, -0.05) is 28.1 Å². The molecule has 2 rings (SSSR count). The SMILES string of the molecule is COc1ccc(N[C@@H](c2ccc(Br)cc2)P(=O)(OC(C)C)OC(C)C)cc1. The summed E-state index contributed by atoms with van der Waals surface area (Å²) in [6, 6.07) is 15.1. The molecular weight excluding hydrogens is 429 g/mol. The van der Waals surface area contributed by atoms with Gasteiger partial charge >= 0.3 is 7.60 Å². The van der Waals surface area contributed by atoms with E-state index in [0.717, 1.165) is 21.5 Å². The highest BCUT2D eigenvalue weighted by atomic mass is 79.9. The first-order valence-electron chi connectivity index (χ1n) is 8.86. The monoisotopic (exact) mass is 455 g/mol. The van der Waals surface area contributed by atoms with Gasteiger partial charge in [0.25, 0.3) is 0 Å². The second-order valence-corrected chi connectivity index (χ2v) is 9.61. The van der Waals surface area contributed by atoms with Gasteiger partial charge in [0, 0.05) is 10.2 Å². The number of ether oxygens (including phenoxy) is 1.